The van der Waals surface area contributed by atoms with Crippen molar-refractivity contribution in [2.24, 2.45) is 0 Å². The summed E-state index contributed by atoms with van der Waals surface area (Å²) in [6.07, 6.45) is 0. The summed E-state index contributed by atoms with van der Waals surface area (Å²) in [5.41, 5.74) is 0.604. The lowest BCUT2D eigenvalue weighted by Gasteiger charge is -2.30. The maximum Gasteiger partial charge on any atom is 0.320 e. The zero-order valence-electron chi connectivity index (χ0n) is 15.0. The first-order chi connectivity index (χ1) is 13.3. The van der Waals surface area contributed by atoms with Crippen molar-refractivity contribution in [2.45, 2.75) is 13.0 Å². The van der Waals surface area contributed by atoms with Crippen LogP contribution in [0.3, 0.4) is 0 Å². The Morgan fingerprint density at radius 2 is 1.89 bits per heavy atom. The van der Waals surface area contributed by atoms with E-state index in [1.165, 1.54) is 20.1 Å². The van der Waals surface area contributed by atoms with Gasteiger partial charge >= 0.3 is 6.03 Å². The molecule has 9 heteroatoms. The molecule has 0 saturated heterocycles. The van der Waals surface area contributed by atoms with Crippen molar-refractivity contribution in [1.29, 1.82) is 0 Å². The molecule has 2 amide bonds. The summed E-state index contributed by atoms with van der Waals surface area (Å²) in [4.78, 5) is 35.1. The number of benzene rings is 2. The zero-order chi connectivity index (χ0) is 20.4. The Bertz CT molecular complexity index is 1000. The number of carbonyl (C=O) groups excluding carboxylic acids is 2. The SMILES string of the molecule is COc1cc([C@@H]2NC(=O)NC(c3ccccc3)=C2C(C)=O)cc([N+](=O)[O-])c1[O-]. The lowest BCUT2D eigenvalue weighted by molar-refractivity contribution is -0.398. The van der Waals surface area contributed by atoms with Gasteiger partial charge < -0.3 is 20.5 Å². The van der Waals surface area contributed by atoms with Crippen LogP contribution in [-0.2, 0) is 4.79 Å². The van der Waals surface area contributed by atoms with Gasteiger partial charge in [0.25, 0.3) is 5.69 Å². The van der Waals surface area contributed by atoms with E-state index in [0.717, 1.165) is 6.07 Å². The fourth-order valence-corrected chi connectivity index (χ4v) is 3.09. The average Bonchev–Trinajstić information content (AvgIpc) is 2.67. The molecule has 0 saturated carbocycles. The summed E-state index contributed by atoms with van der Waals surface area (Å²) in [6, 6.07) is 9.52. The summed E-state index contributed by atoms with van der Waals surface area (Å²) >= 11 is 0. The van der Waals surface area contributed by atoms with Gasteiger partial charge in [-0.1, -0.05) is 30.3 Å². The number of ether oxygens (including phenoxy) is 1. The van der Waals surface area contributed by atoms with Gasteiger partial charge in [0.2, 0.25) is 0 Å². The Morgan fingerprint density at radius 1 is 1.21 bits per heavy atom. The number of methoxy groups -OCH3 is 1. The largest absolute Gasteiger partial charge is 0.865 e. The molecule has 0 aliphatic carbocycles. The fourth-order valence-electron chi connectivity index (χ4n) is 3.09. The molecule has 9 nitrogen and oxygen atoms in total. The number of hydrogen-bond acceptors (Lipinski definition) is 6. The van der Waals surface area contributed by atoms with E-state index >= 15 is 0 Å². The number of Topliss-reactive ketones (excluding diaryl/α,β-unsaturated/α-hetero) is 1. The lowest BCUT2D eigenvalue weighted by atomic mass is 9.90. The minimum atomic E-state index is -0.991. The third kappa shape index (κ3) is 3.37. The molecule has 3 rings (SSSR count). The topological polar surface area (TPSA) is 134 Å². The van der Waals surface area contributed by atoms with Crippen molar-refractivity contribution in [1.82, 2.24) is 10.6 Å². The van der Waals surface area contributed by atoms with Crippen molar-refractivity contribution in [3.8, 4) is 11.5 Å². The van der Waals surface area contributed by atoms with Crippen molar-refractivity contribution >= 4 is 23.2 Å². The normalized spacial score (nSPS) is 16.2. The number of nitrogens with one attached hydrogen (secondary N) is 2. The second-order valence-electron chi connectivity index (χ2n) is 6.07. The second-order valence-corrected chi connectivity index (χ2v) is 6.07. The van der Waals surface area contributed by atoms with E-state index in [1.807, 2.05) is 0 Å². The van der Waals surface area contributed by atoms with Crippen molar-refractivity contribution in [3.05, 3.63) is 69.3 Å². The summed E-state index contributed by atoms with van der Waals surface area (Å²) in [7, 11) is 1.21. The molecule has 1 aliphatic rings. The molecule has 0 spiro atoms. The Morgan fingerprint density at radius 3 is 2.46 bits per heavy atom. The van der Waals surface area contributed by atoms with E-state index in [-0.39, 0.29) is 22.7 Å². The fraction of sp³-hybridized carbons (Fsp3) is 0.158. The third-order valence-electron chi connectivity index (χ3n) is 4.32. The van der Waals surface area contributed by atoms with Gasteiger partial charge in [-0.3, -0.25) is 14.9 Å². The van der Waals surface area contributed by atoms with Gasteiger partial charge in [-0.05, 0) is 24.1 Å². The average molecular weight is 382 g/mol. The Kier molecular flexibility index (Phi) is 4.99. The number of ketones is 1. The van der Waals surface area contributed by atoms with Crippen molar-refractivity contribution in [3.63, 3.8) is 0 Å². The first-order valence-corrected chi connectivity index (χ1v) is 8.24. The van der Waals surface area contributed by atoms with Crippen LogP contribution in [0.1, 0.15) is 24.1 Å². The van der Waals surface area contributed by atoms with E-state index < -0.39 is 28.4 Å². The molecular weight excluding hydrogens is 366 g/mol. The van der Waals surface area contributed by atoms with Crippen LogP contribution in [0.15, 0.2) is 48.0 Å². The van der Waals surface area contributed by atoms with E-state index in [4.69, 9.17) is 4.74 Å². The molecule has 1 atom stereocenters. The summed E-state index contributed by atoms with van der Waals surface area (Å²) in [6.45, 7) is 1.33. The standard InChI is InChI=1S/C19H17N3O6/c1-10(23)15-16(11-6-4-3-5-7-11)20-19(25)21-17(15)12-8-13(22(26)27)18(24)14(9-12)28-2/h3-9,17,24H,1-2H3,(H2,20,21,25)/p-1/t17-/m0/s1. The molecule has 0 radical (unpaired) electrons. The molecule has 2 N–H and O–H groups in total. The highest BCUT2D eigenvalue weighted by molar-refractivity contribution is 6.07. The Hall–Kier alpha value is -3.88. The van der Waals surface area contributed by atoms with Crippen LogP contribution in [0.4, 0.5) is 10.5 Å². The molecule has 144 valence electrons. The molecule has 2 aromatic rings. The van der Waals surface area contributed by atoms with E-state index in [0.29, 0.717) is 11.3 Å². The number of carbonyl (C=O) groups is 2. The predicted octanol–water partition coefficient (Wildman–Crippen LogP) is 2.03. The minimum absolute atomic E-state index is 0.191. The molecule has 1 heterocycles. The molecule has 0 bridgehead atoms. The highest BCUT2D eigenvalue weighted by Crippen LogP contribution is 2.39. The lowest BCUT2D eigenvalue weighted by Crippen LogP contribution is -2.44. The van der Waals surface area contributed by atoms with Gasteiger partial charge in [0, 0.05) is 17.4 Å². The summed E-state index contributed by atoms with van der Waals surface area (Å²) in [5, 5.41) is 28.6. The number of hydrogen-bond donors (Lipinski definition) is 2. The van der Waals surface area contributed by atoms with Gasteiger partial charge in [0.1, 0.15) is 5.75 Å². The van der Waals surface area contributed by atoms with Crippen LogP contribution in [0, 0.1) is 10.1 Å². The molecule has 0 unspecified atom stereocenters. The minimum Gasteiger partial charge on any atom is -0.865 e. The highest BCUT2D eigenvalue weighted by atomic mass is 16.6. The second kappa shape index (κ2) is 7.39. The van der Waals surface area contributed by atoms with Crippen LogP contribution in [0.25, 0.3) is 5.70 Å². The predicted molar refractivity (Wildman–Crippen MR) is 97.5 cm³/mol. The number of nitrogens with zero attached hydrogens (tertiary/aromatic N) is 1. The molecular formula is C19H16N3O6-. The molecule has 0 fully saturated rings. The Labute approximate surface area is 159 Å². The monoisotopic (exact) mass is 382 g/mol. The van der Waals surface area contributed by atoms with E-state index in [9.17, 15) is 24.8 Å². The summed E-state index contributed by atoms with van der Waals surface area (Å²) in [5.74, 6) is -1.47. The number of nitro benzene ring substituents is 1. The van der Waals surface area contributed by atoms with Crippen LogP contribution < -0.4 is 20.5 Å². The van der Waals surface area contributed by atoms with Crippen LogP contribution in [-0.4, -0.2) is 23.8 Å². The van der Waals surface area contributed by atoms with Gasteiger partial charge in [-0.25, -0.2) is 4.79 Å². The molecule has 2 aromatic carbocycles. The van der Waals surface area contributed by atoms with Gasteiger partial charge in [-0.15, -0.1) is 0 Å². The third-order valence-corrected chi connectivity index (χ3v) is 4.32. The molecule has 1 aliphatic heterocycles. The molecule has 0 aromatic heterocycles. The van der Waals surface area contributed by atoms with Gasteiger partial charge in [0.15, 0.2) is 5.78 Å². The summed E-state index contributed by atoms with van der Waals surface area (Å²) < 4.78 is 4.96. The van der Waals surface area contributed by atoms with Crippen molar-refractivity contribution in [2.75, 3.05) is 7.11 Å². The van der Waals surface area contributed by atoms with Crippen LogP contribution in [0.5, 0.6) is 11.5 Å². The van der Waals surface area contributed by atoms with E-state index in [2.05, 4.69) is 10.6 Å². The highest BCUT2D eigenvalue weighted by Gasteiger charge is 2.33. The van der Waals surface area contributed by atoms with Crippen LogP contribution >= 0.6 is 0 Å². The zero-order valence-corrected chi connectivity index (χ0v) is 15.0. The smallest absolute Gasteiger partial charge is 0.320 e. The van der Waals surface area contributed by atoms with Gasteiger partial charge in [-0.2, -0.15) is 0 Å². The van der Waals surface area contributed by atoms with Gasteiger partial charge in [0.05, 0.1) is 23.8 Å². The maximum atomic E-state index is 12.4. The number of rotatable bonds is 5. The number of urea groups is 1. The van der Waals surface area contributed by atoms with E-state index in [1.54, 1.807) is 30.3 Å². The first-order valence-electron chi connectivity index (χ1n) is 8.24. The quantitative estimate of drug-likeness (QED) is 0.600. The number of amides is 2. The van der Waals surface area contributed by atoms with Crippen LogP contribution in [0.2, 0.25) is 0 Å². The Balaban J connectivity index is 2.25. The number of nitro groups is 1. The molecule has 28 heavy (non-hydrogen) atoms. The first kappa shape index (κ1) is 18.9. The maximum absolute atomic E-state index is 12.4. The van der Waals surface area contributed by atoms with Crippen molar-refractivity contribution < 1.29 is 24.4 Å².